The highest BCUT2D eigenvalue weighted by molar-refractivity contribution is 5.99. The quantitative estimate of drug-likeness (QED) is 0.895. The van der Waals surface area contributed by atoms with Crippen molar-refractivity contribution in [1.29, 1.82) is 0 Å². The zero-order chi connectivity index (χ0) is 15.2. The first-order valence-corrected chi connectivity index (χ1v) is 7.49. The van der Waals surface area contributed by atoms with Crippen LogP contribution >= 0.6 is 0 Å². The van der Waals surface area contributed by atoms with E-state index in [0.717, 1.165) is 37.1 Å². The predicted molar refractivity (Wildman–Crippen MR) is 75.3 cm³/mol. The predicted octanol–water partition coefficient (Wildman–Crippen LogP) is 1.45. The number of hydrogen-bond acceptors (Lipinski definition) is 4. The van der Waals surface area contributed by atoms with Crippen LogP contribution in [0.25, 0.3) is 0 Å². The summed E-state index contributed by atoms with van der Waals surface area (Å²) < 4.78 is 5.56. The van der Waals surface area contributed by atoms with Crippen LogP contribution in [-0.2, 0) is 16.1 Å². The fraction of sp³-hybridized carbons (Fsp3) is 0.667. The molecule has 2 aliphatic rings. The van der Waals surface area contributed by atoms with Crippen molar-refractivity contribution in [3.8, 4) is 0 Å². The van der Waals surface area contributed by atoms with Crippen LogP contribution in [0, 0.1) is 13.8 Å². The van der Waals surface area contributed by atoms with Gasteiger partial charge in [0.05, 0.1) is 12.2 Å². The summed E-state index contributed by atoms with van der Waals surface area (Å²) in [4.78, 5) is 31.0. The molecule has 1 N–H and O–H groups in total. The molecule has 1 aromatic rings. The van der Waals surface area contributed by atoms with Gasteiger partial charge in [0.2, 0.25) is 17.7 Å². The molecule has 6 heteroatoms. The largest absolute Gasteiger partial charge is 0.444 e. The second-order valence-electron chi connectivity index (χ2n) is 6.14. The molecule has 114 valence electrons. The van der Waals surface area contributed by atoms with Crippen molar-refractivity contribution in [2.75, 3.05) is 0 Å². The lowest BCUT2D eigenvalue weighted by atomic mass is 9.91. The van der Waals surface area contributed by atoms with E-state index < -0.39 is 11.6 Å². The molecule has 0 aromatic carbocycles. The average Bonchev–Trinajstić information content (AvgIpc) is 3.02. The van der Waals surface area contributed by atoms with E-state index in [2.05, 4.69) is 10.3 Å². The maximum atomic E-state index is 12.8. The third-order valence-electron chi connectivity index (χ3n) is 4.72. The molecule has 6 nitrogen and oxygen atoms in total. The fourth-order valence-corrected chi connectivity index (χ4v) is 3.26. The summed E-state index contributed by atoms with van der Waals surface area (Å²) in [6.07, 6.45) is 3.41. The minimum absolute atomic E-state index is 0.000561. The van der Waals surface area contributed by atoms with E-state index in [9.17, 15) is 9.59 Å². The van der Waals surface area contributed by atoms with Gasteiger partial charge in [-0.3, -0.25) is 9.59 Å². The first-order valence-electron chi connectivity index (χ1n) is 7.49. The van der Waals surface area contributed by atoms with E-state index in [4.69, 9.17) is 4.42 Å². The van der Waals surface area contributed by atoms with Gasteiger partial charge in [-0.25, -0.2) is 4.98 Å². The highest BCUT2D eigenvalue weighted by Crippen LogP contribution is 2.35. The van der Waals surface area contributed by atoms with Crippen molar-refractivity contribution < 1.29 is 14.0 Å². The maximum Gasteiger partial charge on any atom is 0.249 e. The fourth-order valence-electron chi connectivity index (χ4n) is 3.26. The standard InChI is InChI=1S/C15H21N3O3/c1-9-11(3)21-12(16-9)8-18-10(2)13(19)17-15(14(18)20)6-4-5-7-15/h10H,4-8H2,1-3H3,(H,17,19). The number of piperazine rings is 1. The summed E-state index contributed by atoms with van der Waals surface area (Å²) in [5.41, 5.74) is 0.127. The summed E-state index contributed by atoms with van der Waals surface area (Å²) >= 11 is 0. The molecule has 3 rings (SSSR count). The number of aryl methyl sites for hydroxylation is 2. The van der Waals surface area contributed by atoms with Crippen molar-refractivity contribution in [2.45, 2.75) is 64.6 Å². The Kier molecular flexibility index (Phi) is 3.26. The van der Waals surface area contributed by atoms with Gasteiger partial charge in [-0.2, -0.15) is 0 Å². The Morgan fingerprint density at radius 1 is 1.33 bits per heavy atom. The van der Waals surface area contributed by atoms with E-state index in [1.54, 1.807) is 11.8 Å². The zero-order valence-corrected chi connectivity index (χ0v) is 12.7. The number of amides is 2. The van der Waals surface area contributed by atoms with Crippen molar-refractivity contribution in [3.05, 3.63) is 17.3 Å². The molecule has 2 fully saturated rings. The lowest BCUT2D eigenvalue weighted by molar-refractivity contribution is -0.155. The molecule has 1 aliphatic carbocycles. The second-order valence-corrected chi connectivity index (χ2v) is 6.14. The van der Waals surface area contributed by atoms with Crippen LogP contribution in [0.3, 0.4) is 0 Å². The number of rotatable bonds is 2. The highest BCUT2D eigenvalue weighted by Gasteiger charge is 2.51. The van der Waals surface area contributed by atoms with Gasteiger partial charge < -0.3 is 14.6 Å². The van der Waals surface area contributed by atoms with Crippen molar-refractivity contribution in [2.24, 2.45) is 0 Å². The molecule has 1 aromatic heterocycles. The molecule has 1 spiro atoms. The molecular formula is C15H21N3O3. The van der Waals surface area contributed by atoms with Crippen molar-refractivity contribution in [3.63, 3.8) is 0 Å². The lowest BCUT2D eigenvalue weighted by Crippen LogP contribution is -2.68. The van der Waals surface area contributed by atoms with Crippen LogP contribution in [0.15, 0.2) is 4.42 Å². The molecule has 1 saturated carbocycles. The van der Waals surface area contributed by atoms with E-state index >= 15 is 0 Å². The number of carbonyl (C=O) groups is 2. The van der Waals surface area contributed by atoms with Crippen LogP contribution in [0.2, 0.25) is 0 Å². The van der Waals surface area contributed by atoms with Gasteiger partial charge in [0.1, 0.15) is 17.3 Å². The molecule has 1 saturated heterocycles. The average molecular weight is 291 g/mol. The van der Waals surface area contributed by atoms with Gasteiger partial charge in [-0.1, -0.05) is 12.8 Å². The Bertz CT molecular complexity index is 567. The van der Waals surface area contributed by atoms with Crippen LogP contribution in [0.1, 0.15) is 50.0 Å². The maximum absolute atomic E-state index is 12.8. The van der Waals surface area contributed by atoms with Crippen LogP contribution in [0.4, 0.5) is 0 Å². The van der Waals surface area contributed by atoms with Gasteiger partial charge in [0, 0.05) is 0 Å². The Morgan fingerprint density at radius 3 is 2.57 bits per heavy atom. The molecule has 21 heavy (non-hydrogen) atoms. The van der Waals surface area contributed by atoms with Crippen LogP contribution < -0.4 is 5.32 Å². The van der Waals surface area contributed by atoms with Crippen LogP contribution in [-0.4, -0.2) is 33.3 Å². The van der Waals surface area contributed by atoms with E-state index in [-0.39, 0.29) is 18.4 Å². The Labute approximate surface area is 123 Å². The Hall–Kier alpha value is -1.85. The molecular weight excluding hydrogens is 270 g/mol. The van der Waals surface area contributed by atoms with Gasteiger partial charge in [0.25, 0.3) is 0 Å². The molecule has 0 bridgehead atoms. The monoisotopic (exact) mass is 291 g/mol. The van der Waals surface area contributed by atoms with Crippen LogP contribution in [0.5, 0.6) is 0 Å². The van der Waals surface area contributed by atoms with Gasteiger partial charge >= 0.3 is 0 Å². The Morgan fingerprint density at radius 2 is 2.00 bits per heavy atom. The molecule has 2 amide bonds. The first-order chi connectivity index (χ1) is 9.93. The second kappa shape index (κ2) is 4.86. The van der Waals surface area contributed by atoms with Crippen molar-refractivity contribution in [1.82, 2.24) is 15.2 Å². The summed E-state index contributed by atoms with van der Waals surface area (Å²) in [6, 6.07) is -0.490. The number of oxazole rings is 1. The normalized spacial score (nSPS) is 24.7. The first kappa shape index (κ1) is 14.1. The third kappa shape index (κ3) is 2.22. The summed E-state index contributed by atoms with van der Waals surface area (Å²) in [7, 11) is 0. The van der Waals surface area contributed by atoms with Crippen molar-refractivity contribution >= 4 is 11.8 Å². The summed E-state index contributed by atoms with van der Waals surface area (Å²) in [6.45, 7) is 5.72. The van der Waals surface area contributed by atoms with Gasteiger partial charge in [-0.15, -0.1) is 0 Å². The number of nitrogens with one attached hydrogen (secondary N) is 1. The molecule has 2 heterocycles. The summed E-state index contributed by atoms with van der Waals surface area (Å²) in [5, 5.41) is 2.94. The van der Waals surface area contributed by atoms with Gasteiger partial charge in [0.15, 0.2) is 0 Å². The number of carbonyl (C=O) groups excluding carboxylic acids is 2. The summed E-state index contributed by atoms with van der Waals surface area (Å²) in [5.74, 6) is 1.16. The minimum atomic E-state index is -0.694. The SMILES string of the molecule is Cc1nc(CN2C(=O)C3(CCCC3)NC(=O)C2C)oc1C. The number of nitrogens with zero attached hydrogens (tertiary/aromatic N) is 2. The molecule has 0 radical (unpaired) electrons. The van der Waals surface area contributed by atoms with E-state index in [0.29, 0.717) is 5.89 Å². The number of hydrogen-bond donors (Lipinski definition) is 1. The molecule has 1 unspecified atom stereocenters. The van der Waals surface area contributed by atoms with E-state index in [1.165, 1.54) is 0 Å². The number of aromatic nitrogens is 1. The van der Waals surface area contributed by atoms with Gasteiger partial charge in [-0.05, 0) is 33.6 Å². The highest BCUT2D eigenvalue weighted by atomic mass is 16.4. The minimum Gasteiger partial charge on any atom is -0.444 e. The van der Waals surface area contributed by atoms with E-state index in [1.807, 2.05) is 13.8 Å². The smallest absolute Gasteiger partial charge is 0.249 e. The molecule has 1 aliphatic heterocycles. The lowest BCUT2D eigenvalue weighted by Gasteiger charge is -2.42. The molecule has 1 atom stereocenters. The topological polar surface area (TPSA) is 75.4 Å². The zero-order valence-electron chi connectivity index (χ0n) is 12.7. The Balaban J connectivity index is 1.87. The third-order valence-corrected chi connectivity index (χ3v) is 4.72.